The number of nitro benzene ring substituents is 1. The first-order chi connectivity index (χ1) is 9.40. The molecule has 0 radical (unpaired) electrons. The molecule has 0 aliphatic carbocycles. The van der Waals surface area contributed by atoms with Crippen molar-refractivity contribution < 1.29 is 9.66 Å². The van der Waals surface area contributed by atoms with Crippen molar-refractivity contribution in [3.05, 3.63) is 57.1 Å². The van der Waals surface area contributed by atoms with Crippen LogP contribution in [-0.4, -0.2) is 4.92 Å². The summed E-state index contributed by atoms with van der Waals surface area (Å²) in [6.45, 7) is 5.92. The topological polar surface area (TPSA) is 78.4 Å². The lowest BCUT2D eigenvalue weighted by Crippen LogP contribution is -1.98. The third kappa shape index (κ3) is 2.56. The quantitative estimate of drug-likeness (QED) is 0.522. The van der Waals surface area contributed by atoms with Crippen LogP contribution in [-0.2, 0) is 0 Å². The maximum Gasteiger partial charge on any atom is 0.271 e. The van der Waals surface area contributed by atoms with Crippen molar-refractivity contribution in [3.8, 4) is 11.5 Å². The highest BCUT2D eigenvalue weighted by atomic mass is 16.6. The molecule has 0 heterocycles. The molecule has 0 bridgehead atoms. The minimum absolute atomic E-state index is 0.0486. The van der Waals surface area contributed by atoms with E-state index in [0.29, 0.717) is 5.75 Å². The summed E-state index contributed by atoms with van der Waals surface area (Å²) in [6, 6.07) is 8.20. The summed E-state index contributed by atoms with van der Waals surface area (Å²) in [5, 5.41) is 10.7. The van der Waals surface area contributed by atoms with E-state index in [0.717, 1.165) is 22.4 Å². The van der Waals surface area contributed by atoms with Crippen LogP contribution in [0.2, 0.25) is 0 Å². The molecule has 5 nitrogen and oxygen atoms in total. The maximum atomic E-state index is 10.7. The van der Waals surface area contributed by atoms with Crippen LogP contribution >= 0.6 is 0 Å². The molecular formula is C15H16N2O3. The average Bonchev–Trinajstić information content (AvgIpc) is 2.40. The molecule has 0 fully saturated rings. The molecule has 0 spiro atoms. The summed E-state index contributed by atoms with van der Waals surface area (Å²) in [7, 11) is 0. The van der Waals surface area contributed by atoms with Gasteiger partial charge in [-0.25, -0.2) is 0 Å². The van der Waals surface area contributed by atoms with E-state index in [2.05, 4.69) is 0 Å². The summed E-state index contributed by atoms with van der Waals surface area (Å²) in [6.07, 6.45) is 0. The second kappa shape index (κ2) is 5.21. The van der Waals surface area contributed by atoms with E-state index in [1.54, 1.807) is 0 Å². The molecule has 20 heavy (non-hydrogen) atoms. The predicted molar refractivity (Wildman–Crippen MR) is 78.2 cm³/mol. The van der Waals surface area contributed by atoms with Crippen LogP contribution in [0.5, 0.6) is 11.5 Å². The first-order valence-electron chi connectivity index (χ1n) is 6.18. The van der Waals surface area contributed by atoms with E-state index in [1.165, 1.54) is 18.2 Å². The van der Waals surface area contributed by atoms with Crippen LogP contribution in [0, 0.1) is 30.9 Å². The van der Waals surface area contributed by atoms with E-state index in [-0.39, 0.29) is 11.4 Å². The van der Waals surface area contributed by atoms with Crippen LogP contribution in [0.15, 0.2) is 30.3 Å². The van der Waals surface area contributed by atoms with Gasteiger partial charge in [-0.05, 0) is 43.5 Å². The first-order valence-corrected chi connectivity index (χ1v) is 6.18. The van der Waals surface area contributed by atoms with E-state index >= 15 is 0 Å². The van der Waals surface area contributed by atoms with E-state index < -0.39 is 4.92 Å². The largest absolute Gasteiger partial charge is 0.455 e. The van der Waals surface area contributed by atoms with Crippen molar-refractivity contribution in [1.82, 2.24) is 0 Å². The fraction of sp³-hybridized carbons (Fsp3) is 0.200. The van der Waals surface area contributed by atoms with Crippen molar-refractivity contribution in [1.29, 1.82) is 0 Å². The van der Waals surface area contributed by atoms with Crippen molar-refractivity contribution >= 4 is 11.4 Å². The first kappa shape index (κ1) is 13.9. The third-order valence-corrected chi connectivity index (χ3v) is 3.29. The molecule has 0 saturated heterocycles. The number of rotatable bonds is 3. The number of nitrogens with two attached hydrogens (primary N) is 1. The molecule has 5 heteroatoms. The van der Waals surface area contributed by atoms with Gasteiger partial charge in [0.25, 0.3) is 5.69 Å². The van der Waals surface area contributed by atoms with Crippen LogP contribution in [0.4, 0.5) is 11.4 Å². The number of nitrogens with zero attached hydrogens (tertiary/aromatic N) is 1. The lowest BCUT2D eigenvalue weighted by atomic mass is 10.1. The Kier molecular flexibility index (Phi) is 3.61. The zero-order valence-corrected chi connectivity index (χ0v) is 11.6. The van der Waals surface area contributed by atoms with Crippen molar-refractivity contribution in [2.45, 2.75) is 20.8 Å². The fourth-order valence-corrected chi connectivity index (χ4v) is 1.93. The predicted octanol–water partition coefficient (Wildman–Crippen LogP) is 3.89. The van der Waals surface area contributed by atoms with Crippen molar-refractivity contribution in [2.24, 2.45) is 0 Å². The van der Waals surface area contributed by atoms with E-state index in [4.69, 9.17) is 10.5 Å². The minimum atomic E-state index is -0.483. The van der Waals surface area contributed by atoms with Crippen LogP contribution in [0.3, 0.4) is 0 Å². The lowest BCUT2D eigenvalue weighted by molar-refractivity contribution is -0.384. The number of hydrogen-bond acceptors (Lipinski definition) is 4. The van der Waals surface area contributed by atoms with Gasteiger partial charge in [0.15, 0.2) is 5.75 Å². The van der Waals surface area contributed by atoms with E-state index in [9.17, 15) is 10.1 Å². The van der Waals surface area contributed by atoms with E-state index in [1.807, 2.05) is 32.9 Å². The Balaban J connectivity index is 2.41. The number of aryl methyl sites for hydroxylation is 2. The molecule has 0 aromatic heterocycles. The molecule has 104 valence electrons. The molecule has 0 saturated carbocycles. The summed E-state index contributed by atoms with van der Waals surface area (Å²) in [4.78, 5) is 10.2. The summed E-state index contributed by atoms with van der Waals surface area (Å²) < 4.78 is 5.84. The summed E-state index contributed by atoms with van der Waals surface area (Å²) in [5.41, 5.74) is 9.16. The number of anilines is 1. The number of benzene rings is 2. The van der Waals surface area contributed by atoms with Gasteiger partial charge in [-0.15, -0.1) is 0 Å². The highest BCUT2D eigenvalue weighted by Gasteiger charge is 2.13. The van der Waals surface area contributed by atoms with Crippen molar-refractivity contribution in [3.63, 3.8) is 0 Å². The molecule has 2 aromatic rings. The second-order valence-corrected chi connectivity index (χ2v) is 4.73. The van der Waals surface area contributed by atoms with Gasteiger partial charge in [-0.3, -0.25) is 10.1 Å². The lowest BCUT2D eigenvalue weighted by Gasteiger charge is -2.14. The molecule has 0 amide bonds. The Morgan fingerprint density at radius 2 is 1.75 bits per heavy atom. The number of non-ortho nitro benzene ring substituents is 1. The average molecular weight is 272 g/mol. The molecule has 2 aromatic carbocycles. The summed E-state index contributed by atoms with van der Waals surface area (Å²) >= 11 is 0. The Morgan fingerprint density at radius 3 is 2.35 bits per heavy atom. The van der Waals surface area contributed by atoms with Gasteiger partial charge in [0.1, 0.15) is 5.75 Å². The Hall–Kier alpha value is -2.56. The number of hydrogen-bond donors (Lipinski definition) is 1. The SMILES string of the molecule is Cc1ccc(C)c(Oc2ccc([N+](=O)[O-])cc2N)c1C. The van der Waals surface area contributed by atoms with Crippen LogP contribution < -0.4 is 10.5 Å². The van der Waals surface area contributed by atoms with Gasteiger partial charge in [0.2, 0.25) is 0 Å². The van der Waals surface area contributed by atoms with Gasteiger partial charge >= 0.3 is 0 Å². The number of nitro groups is 1. The zero-order chi connectivity index (χ0) is 14.9. The molecule has 0 unspecified atom stereocenters. The van der Waals surface area contributed by atoms with Gasteiger partial charge in [0.05, 0.1) is 10.6 Å². The number of nitrogen functional groups attached to an aromatic ring is 1. The number of ether oxygens (including phenoxy) is 1. The van der Waals surface area contributed by atoms with Gasteiger partial charge in [0, 0.05) is 12.1 Å². The Labute approximate surface area is 117 Å². The minimum Gasteiger partial charge on any atom is -0.455 e. The molecular weight excluding hydrogens is 256 g/mol. The fourth-order valence-electron chi connectivity index (χ4n) is 1.93. The van der Waals surface area contributed by atoms with Gasteiger partial charge < -0.3 is 10.5 Å². The second-order valence-electron chi connectivity index (χ2n) is 4.73. The monoisotopic (exact) mass is 272 g/mol. The Morgan fingerprint density at radius 1 is 1.10 bits per heavy atom. The molecule has 2 rings (SSSR count). The standard InChI is InChI=1S/C15H16N2O3/c1-9-4-5-10(2)15(11(9)3)20-14-7-6-12(17(18)19)8-13(14)16/h4-8H,16H2,1-3H3. The maximum absolute atomic E-state index is 10.7. The summed E-state index contributed by atoms with van der Waals surface area (Å²) in [5.74, 6) is 1.16. The van der Waals surface area contributed by atoms with Gasteiger partial charge in [-0.1, -0.05) is 12.1 Å². The zero-order valence-electron chi connectivity index (χ0n) is 11.6. The normalized spacial score (nSPS) is 10.3. The van der Waals surface area contributed by atoms with Crippen molar-refractivity contribution in [2.75, 3.05) is 5.73 Å². The molecule has 2 N–H and O–H groups in total. The highest BCUT2D eigenvalue weighted by Crippen LogP contribution is 2.34. The molecule has 0 aliphatic rings. The Bertz CT molecular complexity index is 681. The molecule has 0 aliphatic heterocycles. The van der Waals surface area contributed by atoms with Gasteiger partial charge in [-0.2, -0.15) is 0 Å². The smallest absolute Gasteiger partial charge is 0.271 e. The molecule has 0 atom stereocenters. The van der Waals surface area contributed by atoms with Crippen LogP contribution in [0.1, 0.15) is 16.7 Å². The highest BCUT2D eigenvalue weighted by molar-refractivity contribution is 5.60. The third-order valence-electron chi connectivity index (χ3n) is 3.29. The van der Waals surface area contributed by atoms with Crippen LogP contribution in [0.25, 0.3) is 0 Å².